The highest BCUT2D eigenvalue weighted by Gasteiger charge is 2.12. The average molecular weight is 420 g/mol. The third-order valence-corrected chi connectivity index (χ3v) is 4.83. The lowest BCUT2D eigenvalue weighted by Crippen LogP contribution is -2.13. The minimum absolute atomic E-state index is 0.0421. The monoisotopic (exact) mass is 420 g/mol. The summed E-state index contributed by atoms with van der Waals surface area (Å²) >= 11 is 0. The van der Waals surface area contributed by atoms with Crippen molar-refractivity contribution in [1.82, 2.24) is 0 Å². The van der Waals surface area contributed by atoms with Crippen molar-refractivity contribution in [2.24, 2.45) is 0 Å². The molecule has 3 rings (SSSR count). The number of benzene rings is 3. The van der Waals surface area contributed by atoms with E-state index in [0.717, 1.165) is 16.7 Å². The molecule has 0 aromatic heterocycles. The van der Waals surface area contributed by atoms with E-state index in [1.807, 2.05) is 37.3 Å². The number of aliphatic hydroxyl groups excluding tert-OH is 1. The first-order valence-corrected chi connectivity index (χ1v) is 9.95. The van der Waals surface area contributed by atoms with Gasteiger partial charge in [-0.05, 0) is 42.7 Å². The Bertz CT molecular complexity index is 1090. The third kappa shape index (κ3) is 5.58. The van der Waals surface area contributed by atoms with Crippen LogP contribution < -0.4 is 4.74 Å². The van der Waals surface area contributed by atoms with Crippen LogP contribution >= 0.6 is 0 Å². The summed E-state index contributed by atoms with van der Waals surface area (Å²) in [5, 5.41) is 9.58. The number of halogens is 1. The first-order chi connectivity index (χ1) is 14.9. The van der Waals surface area contributed by atoms with Crippen LogP contribution in [0.25, 0.3) is 22.3 Å². The molecule has 0 saturated carbocycles. The number of aryl methyl sites for hydroxylation is 1. The summed E-state index contributed by atoms with van der Waals surface area (Å²) in [5.41, 5.74) is 4.81. The molecule has 0 atom stereocenters. The quantitative estimate of drug-likeness (QED) is 0.299. The highest BCUT2D eigenvalue weighted by molar-refractivity contribution is 5.86. The van der Waals surface area contributed by atoms with Crippen molar-refractivity contribution >= 4 is 5.97 Å². The molecule has 0 radical (unpaired) electrons. The minimum atomic E-state index is -0.490. The molecule has 3 aromatic rings. The second-order valence-electron chi connectivity index (χ2n) is 7.31. The molecule has 0 aliphatic carbocycles. The van der Waals surface area contributed by atoms with Gasteiger partial charge in [-0.15, -0.1) is 0 Å². The molecule has 0 amide bonds. The van der Waals surface area contributed by atoms with Crippen molar-refractivity contribution in [3.63, 3.8) is 0 Å². The van der Waals surface area contributed by atoms with Gasteiger partial charge in [0.25, 0.3) is 0 Å². The van der Waals surface area contributed by atoms with E-state index in [9.17, 15) is 14.3 Å². The Morgan fingerprint density at radius 1 is 0.968 bits per heavy atom. The van der Waals surface area contributed by atoms with Crippen LogP contribution in [-0.4, -0.2) is 24.3 Å². The van der Waals surface area contributed by atoms with Gasteiger partial charge in [-0.2, -0.15) is 0 Å². The van der Waals surface area contributed by atoms with Gasteiger partial charge in [-0.1, -0.05) is 60.7 Å². The lowest BCUT2D eigenvalue weighted by Gasteiger charge is -2.13. The zero-order valence-electron chi connectivity index (χ0n) is 17.7. The third-order valence-electron chi connectivity index (χ3n) is 4.83. The van der Waals surface area contributed by atoms with Crippen molar-refractivity contribution < 1.29 is 23.8 Å². The molecular formula is C26H25FO4. The number of rotatable bonds is 8. The standard InChI is InChI=1S/C26H25FO4/c1-17(2)26(29)31-13-12-30-25-15-21(8-9-22(25)16-28)23-11-10-20(14-24(23)27)19-6-4-18(3)5-7-19/h4-11,14-15,28H,1,12-13,16H2,2-3H3. The Balaban J connectivity index is 1.79. The molecule has 3 aromatic carbocycles. The summed E-state index contributed by atoms with van der Waals surface area (Å²) in [6.07, 6.45) is 0. The molecule has 4 nitrogen and oxygen atoms in total. The number of carbonyl (C=O) groups is 1. The summed E-state index contributed by atoms with van der Waals surface area (Å²) in [7, 11) is 0. The average Bonchev–Trinajstić information content (AvgIpc) is 2.76. The summed E-state index contributed by atoms with van der Waals surface area (Å²) in [5.74, 6) is -0.431. The number of carbonyl (C=O) groups excluding carboxylic acids is 1. The first-order valence-electron chi connectivity index (χ1n) is 9.95. The number of esters is 1. The van der Waals surface area contributed by atoms with E-state index in [1.165, 1.54) is 6.07 Å². The highest BCUT2D eigenvalue weighted by atomic mass is 19.1. The molecule has 0 fully saturated rings. The maximum Gasteiger partial charge on any atom is 0.333 e. The molecular weight excluding hydrogens is 395 g/mol. The molecule has 0 unspecified atom stereocenters. The maximum absolute atomic E-state index is 14.9. The molecule has 5 heteroatoms. The van der Waals surface area contributed by atoms with Gasteiger partial charge in [0, 0.05) is 16.7 Å². The van der Waals surface area contributed by atoms with Crippen molar-refractivity contribution in [1.29, 1.82) is 0 Å². The number of aliphatic hydroxyl groups is 1. The maximum atomic E-state index is 14.9. The van der Waals surface area contributed by atoms with Gasteiger partial charge in [0.1, 0.15) is 24.8 Å². The van der Waals surface area contributed by atoms with E-state index in [0.29, 0.717) is 28.0 Å². The molecule has 0 aliphatic heterocycles. The predicted octanol–water partition coefficient (Wildman–Crippen LogP) is 5.46. The lowest BCUT2D eigenvalue weighted by molar-refractivity contribution is -0.139. The van der Waals surface area contributed by atoms with Crippen LogP contribution in [0.3, 0.4) is 0 Å². The fourth-order valence-electron chi connectivity index (χ4n) is 3.07. The Morgan fingerprint density at radius 2 is 1.65 bits per heavy atom. The largest absolute Gasteiger partial charge is 0.490 e. The normalized spacial score (nSPS) is 10.6. The Kier molecular flexibility index (Phi) is 7.21. The number of ether oxygens (including phenoxy) is 2. The van der Waals surface area contributed by atoms with Gasteiger partial charge in [0.2, 0.25) is 0 Å². The highest BCUT2D eigenvalue weighted by Crippen LogP contribution is 2.32. The second kappa shape index (κ2) is 10.0. The Labute approximate surface area is 181 Å². The second-order valence-corrected chi connectivity index (χ2v) is 7.31. The smallest absolute Gasteiger partial charge is 0.333 e. The van der Waals surface area contributed by atoms with Crippen LogP contribution in [0.5, 0.6) is 5.75 Å². The molecule has 1 N–H and O–H groups in total. The first kappa shape index (κ1) is 22.2. The molecule has 31 heavy (non-hydrogen) atoms. The van der Waals surface area contributed by atoms with Gasteiger partial charge in [0.05, 0.1) is 6.61 Å². The van der Waals surface area contributed by atoms with Gasteiger partial charge in [-0.3, -0.25) is 0 Å². The summed E-state index contributed by atoms with van der Waals surface area (Å²) in [6.45, 7) is 7.01. The van der Waals surface area contributed by atoms with Crippen LogP contribution in [0.4, 0.5) is 4.39 Å². The Hall–Kier alpha value is -3.44. The summed E-state index contributed by atoms with van der Waals surface area (Å²) in [6, 6.07) is 18.1. The topological polar surface area (TPSA) is 55.8 Å². The van der Waals surface area contributed by atoms with Gasteiger partial charge in [0.15, 0.2) is 0 Å². The molecule has 0 saturated heterocycles. The fraction of sp³-hybridized carbons (Fsp3) is 0.192. The van der Waals surface area contributed by atoms with E-state index < -0.39 is 5.97 Å². The van der Waals surface area contributed by atoms with Crippen LogP contribution in [0.1, 0.15) is 18.1 Å². The molecule has 0 heterocycles. The van der Waals surface area contributed by atoms with Crippen molar-refractivity contribution in [3.05, 3.63) is 89.8 Å². The van der Waals surface area contributed by atoms with E-state index in [1.54, 1.807) is 31.2 Å². The van der Waals surface area contributed by atoms with Crippen molar-refractivity contribution in [2.75, 3.05) is 13.2 Å². The zero-order chi connectivity index (χ0) is 22.4. The molecule has 0 spiro atoms. The Morgan fingerprint density at radius 3 is 2.29 bits per heavy atom. The zero-order valence-corrected chi connectivity index (χ0v) is 17.7. The van der Waals surface area contributed by atoms with Crippen LogP contribution in [0, 0.1) is 12.7 Å². The van der Waals surface area contributed by atoms with Crippen LogP contribution in [0.2, 0.25) is 0 Å². The fourth-order valence-corrected chi connectivity index (χ4v) is 3.07. The lowest BCUT2D eigenvalue weighted by atomic mass is 9.98. The summed E-state index contributed by atoms with van der Waals surface area (Å²) < 4.78 is 25.6. The molecule has 0 aliphatic rings. The number of hydrogen-bond acceptors (Lipinski definition) is 4. The SMILES string of the molecule is C=C(C)C(=O)OCCOc1cc(-c2ccc(-c3ccc(C)cc3)cc2F)ccc1CO. The van der Waals surface area contributed by atoms with E-state index in [-0.39, 0.29) is 25.6 Å². The van der Waals surface area contributed by atoms with Crippen LogP contribution in [-0.2, 0) is 16.1 Å². The van der Waals surface area contributed by atoms with Gasteiger partial charge in [-0.25, -0.2) is 9.18 Å². The van der Waals surface area contributed by atoms with Gasteiger partial charge >= 0.3 is 5.97 Å². The van der Waals surface area contributed by atoms with Gasteiger partial charge < -0.3 is 14.6 Å². The van der Waals surface area contributed by atoms with E-state index in [4.69, 9.17) is 9.47 Å². The van der Waals surface area contributed by atoms with E-state index in [2.05, 4.69) is 6.58 Å². The minimum Gasteiger partial charge on any atom is -0.490 e. The number of hydrogen-bond donors (Lipinski definition) is 1. The molecule has 0 bridgehead atoms. The predicted molar refractivity (Wildman–Crippen MR) is 119 cm³/mol. The van der Waals surface area contributed by atoms with Crippen molar-refractivity contribution in [3.8, 4) is 28.0 Å². The molecule has 160 valence electrons. The van der Waals surface area contributed by atoms with Crippen molar-refractivity contribution in [2.45, 2.75) is 20.5 Å². The van der Waals surface area contributed by atoms with E-state index >= 15 is 0 Å². The van der Waals surface area contributed by atoms with Crippen LogP contribution in [0.15, 0.2) is 72.8 Å². The summed E-state index contributed by atoms with van der Waals surface area (Å²) in [4.78, 5) is 11.4.